The van der Waals surface area contributed by atoms with Crippen LogP contribution in [0.3, 0.4) is 0 Å². The zero-order chi connectivity index (χ0) is 14.3. The van der Waals surface area contributed by atoms with Crippen molar-refractivity contribution in [2.75, 3.05) is 18.5 Å². The molecule has 3 rings (SSSR count). The van der Waals surface area contributed by atoms with Crippen molar-refractivity contribution in [3.63, 3.8) is 0 Å². The molecule has 0 radical (unpaired) electrons. The van der Waals surface area contributed by atoms with Gasteiger partial charge < -0.3 is 15.0 Å². The number of nitrogens with one attached hydrogen (secondary N) is 2. The van der Waals surface area contributed by atoms with Gasteiger partial charge in [0.05, 0.1) is 6.54 Å². The largest absolute Gasteiger partial charge is 0.381 e. The van der Waals surface area contributed by atoms with Gasteiger partial charge in [0.15, 0.2) is 0 Å². The van der Waals surface area contributed by atoms with Crippen molar-refractivity contribution < 1.29 is 4.74 Å². The first-order valence-electron chi connectivity index (χ1n) is 7.40. The molecule has 0 bridgehead atoms. The SMILES string of the molecule is c1cc(CSC2CCOCC2)cc(NCc2ncc[nH]2)c1. The average molecular weight is 303 g/mol. The fourth-order valence-corrected chi connectivity index (χ4v) is 3.54. The summed E-state index contributed by atoms with van der Waals surface area (Å²) in [4.78, 5) is 7.32. The summed E-state index contributed by atoms with van der Waals surface area (Å²) >= 11 is 2.05. The quantitative estimate of drug-likeness (QED) is 0.858. The molecule has 4 nitrogen and oxygen atoms in total. The molecule has 1 aromatic carbocycles. The number of hydrogen-bond acceptors (Lipinski definition) is 4. The lowest BCUT2D eigenvalue weighted by Crippen LogP contribution is -2.17. The van der Waals surface area contributed by atoms with Gasteiger partial charge in [0.25, 0.3) is 0 Å². The number of nitrogens with zero attached hydrogens (tertiary/aromatic N) is 1. The van der Waals surface area contributed by atoms with Gasteiger partial charge >= 0.3 is 0 Å². The number of aromatic amines is 1. The summed E-state index contributed by atoms with van der Waals surface area (Å²) in [6.45, 7) is 2.56. The predicted molar refractivity (Wildman–Crippen MR) is 87.5 cm³/mol. The lowest BCUT2D eigenvalue weighted by Gasteiger charge is -2.21. The van der Waals surface area contributed by atoms with Crippen molar-refractivity contribution >= 4 is 17.4 Å². The highest BCUT2D eigenvalue weighted by atomic mass is 32.2. The van der Waals surface area contributed by atoms with Crippen LogP contribution in [0.4, 0.5) is 5.69 Å². The highest BCUT2D eigenvalue weighted by Gasteiger charge is 2.13. The summed E-state index contributed by atoms with van der Waals surface area (Å²) in [6.07, 6.45) is 5.98. The van der Waals surface area contributed by atoms with E-state index in [9.17, 15) is 0 Å². The summed E-state index contributed by atoms with van der Waals surface area (Å²) < 4.78 is 5.41. The molecule has 21 heavy (non-hydrogen) atoms. The van der Waals surface area contributed by atoms with Crippen LogP contribution in [-0.2, 0) is 17.0 Å². The Morgan fingerprint density at radius 2 is 2.24 bits per heavy atom. The van der Waals surface area contributed by atoms with Crippen molar-refractivity contribution in [1.82, 2.24) is 9.97 Å². The Kier molecular flexibility index (Phi) is 5.18. The van der Waals surface area contributed by atoms with Gasteiger partial charge in [-0.15, -0.1) is 0 Å². The molecule has 0 spiro atoms. The molecule has 2 heterocycles. The number of imidazole rings is 1. The van der Waals surface area contributed by atoms with E-state index in [1.54, 1.807) is 6.20 Å². The van der Waals surface area contributed by atoms with Crippen LogP contribution in [0, 0.1) is 0 Å². The van der Waals surface area contributed by atoms with Crippen LogP contribution in [0.15, 0.2) is 36.7 Å². The normalized spacial score (nSPS) is 16.0. The monoisotopic (exact) mass is 303 g/mol. The first kappa shape index (κ1) is 14.5. The lowest BCUT2D eigenvalue weighted by atomic mass is 10.2. The molecule has 0 unspecified atom stereocenters. The standard InChI is InChI=1S/C16H21N3OS/c1-2-13(12-21-15-4-8-20-9-5-15)10-14(3-1)19-11-16-17-6-7-18-16/h1-3,6-7,10,15,19H,4-5,8-9,11-12H2,(H,17,18). The molecular formula is C16H21N3OS. The van der Waals surface area contributed by atoms with Gasteiger partial charge in [0.1, 0.15) is 5.82 Å². The fourth-order valence-electron chi connectivity index (χ4n) is 2.41. The first-order valence-corrected chi connectivity index (χ1v) is 8.45. The van der Waals surface area contributed by atoms with Gasteiger partial charge in [-0.1, -0.05) is 12.1 Å². The molecule has 1 fully saturated rings. The predicted octanol–water partition coefficient (Wildman–Crippen LogP) is 3.43. The maximum Gasteiger partial charge on any atom is 0.125 e. The van der Waals surface area contributed by atoms with E-state index in [1.807, 2.05) is 18.0 Å². The van der Waals surface area contributed by atoms with Crippen molar-refractivity contribution in [1.29, 1.82) is 0 Å². The summed E-state index contributed by atoms with van der Waals surface area (Å²) in [5, 5.41) is 4.15. The Balaban J connectivity index is 1.50. The third kappa shape index (κ3) is 4.51. The van der Waals surface area contributed by atoms with Gasteiger partial charge in [-0.3, -0.25) is 0 Å². The van der Waals surface area contributed by atoms with E-state index in [1.165, 1.54) is 18.4 Å². The molecular weight excluding hydrogens is 282 g/mol. The molecule has 2 aromatic rings. The van der Waals surface area contributed by atoms with Crippen molar-refractivity contribution in [2.45, 2.75) is 30.4 Å². The molecule has 1 saturated heterocycles. The topological polar surface area (TPSA) is 49.9 Å². The minimum atomic E-state index is 0.726. The highest BCUT2D eigenvalue weighted by Crippen LogP contribution is 2.26. The van der Waals surface area contributed by atoms with Gasteiger partial charge in [-0.25, -0.2) is 4.98 Å². The Hall–Kier alpha value is -1.46. The zero-order valence-corrected chi connectivity index (χ0v) is 12.9. The van der Waals surface area contributed by atoms with Gasteiger partial charge in [-0.2, -0.15) is 11.8 Å². The summed E-state index contributed by atoms with van der Waals surface area (Å²) in [5.41, 5.74) is 2.52. The molecule has 0 saturated carbocycles. The Morgan fingerprint density at radius 3 is 3.05 bits per heavy atom. The van der Waals surface area contributed by atoms with Gasteiger partial charge in [-0.05, 0) is 30.5 Å². The molecule has 1 aromatic heterocycles. The molecule has 0 aliphatic carbocycles. The second-order valence-corrected chi connectivity index (χ2v) is 6.50. The first-order chi connectivity index (χ1) is 10.4. The van der Waals surface area contributed by atoms with Crippen LogP contribution < -0.4 is 5.32 Å². The number of H-pyrrole nitrogens is 1. The highest BCUT2D eigenvalue weighted by molar-refractivity contribution is 7.99. The molecule has 2 N–H and O–H groups in total. The smallest absolute Gasteiger partial charge is 0.125 e. The van der Waals surface area contributed by atoms with Gasteiger partial charge in [0.2, 0.25) is 0 Å². The molecule has 112 valence electrons. The molecule has 5 heteroatoms. The van der Waals surface area contributed by atoms with Crippen LogP contribution >= 0.6 is 11.8 Å². The van der Waals surface area contributed by atoms with E-state index in [0.29, 0.717) is 0 Å². The minimum absolute atomic E-state index is 0.726. The maximum atomic E-state index is 5.41. The maximum absolute atomic E-state index is 5.41. The number of hydrogen-bond donors (Lipinski definition) is 2. The van der Waals surface area contributed by atoms with E-state index < -0.39 is 0 Å². The number of ether oxygens (including phenoxy) is 1. The summed E-state index contributed by atoms with van der Waals surface area (Å²) in [7, 11) is 0. The van der Waals surface area contributed by atoms with Gasteiger partial charge in [0, 0.05) is 42.3 Å². The van der Waals surface area contributed by atoms with Crippen LogP contribution in [0.2, 0.25) is 0 Å². The Bertz CT molecular complexity index is 538. The van der Waals surface area contributed by atoms with E-state index in [2.05, 4.69) is 39.6 Å². The van der Waals surface area contributed by atoms with E-state index in [4.69, 9.17) is 4.74 Å². The number of benzene rings is 1. The van der Waals surface area contributed by atoms with Crippen LogP contribution in [0.1, 0.15) is 24.2 Å². The number of rotatable bonds is 6. The number of thioether (sulfide) groups is 1. The number of aromatic nitrogens is 2. The van der Waals surface area contributed by atoms with Crippen LogP contribution in [-0.4, -0.2) is 28.4 Å². The van der Waals surface area contributed by atoms with Crippen molar-refractivity contribution in [3.8, 4) is 0 Å². The zero-order valence-electron chi connectivity index (χ0n) is 12.0. The second kappa shape index (κ2) is 7.52. The Morgan fingerprint density at radius 1 is 1.33 bits per heavy atom. The van der Waals surface area contributed by atoms with Crippen molar-refractivity contribution in [2.24, 2.45) is 0 Å². The fraction of sp³-hybridized carbons (Fsp3) is 0.438. The molecule has 0 amide bonds. The van der Waals surface area contributed by atoms with E-state index in [-0.39, 0.29) is 0 Å². The van der Waals surface area contributed by atoms with Crippen LogP contribution in [0.5, 0.6) is 0 Å². The molecule has 1 aliphatic rings. The number of anilines is 1. The third-order valence-corrected chi connectivity index (χ3v) is 5.04. The lowest BCUT2D eigenvalue weighted by molar-refractivity contribution is 0.1000. The summed E-state index contributed by atoms with van der Waals surface area (Å²) in [5.74, 6) is 2.03. The van der Waals surface area contributed by atoms with Crippen molar-refractivity contribution in [3.05, 3.63) is 48.0 Å². The Labute approximate surface area is 129 Å². The third-order valence-electron chi connectivity index (χ3n) is 3.60. The van der Waals surface area contributed by atoms with E-state index >= 15 is 0 Å². The summed E-state index contributed by atoms with van der Waals surface area (Å²) in [6, 6.07) is 8.65. The second-order valence-electron chi connectivity index (χ2n) is 5.21. The molecule has 0 atom stereocenters. The molecule has 1 aliphatic heterocycles. The van der Waals surface area contributed by atoms with E-state index in [0.717, 1.165) is 42.3 Å². The minimum Gasteiger partial charge on any atom is -0.381 e. The van der Waals surface area contributed by atoms with Crippen LogP contribution in [0.25, 0.3) is 0 Å². The average Bonchev–Trinajstić information content (AvgIpc) is 3.06.